The minimum atomic E-state index is 0.220. The van der Waals surface area contributed by atoms with Crippen LogP contribution in [0.25, 0.3) is 0 Å². The van der Waals surface area contributed by atoms with Gasteiger partial charge in [0, 0.05) is 23.7 Å². The van der Waals surface area contributed by atoms with Crippen molar-refractivity contribution in [2.75, 3.05) is 24.5 Å². The molecular weight excluding hydrogens is 294 g/mol. The summed E-state index contributed by atoms with van der Waals surface area (Å²) in [5.74, 6) is 1.08. The van der Waals surface area contributed by atoms with E-state index in [1.54, 1.807) is 0 Å². The lowest BCUT2D eigenvalue weighted by Gasteiger charge is -2.43. The number of hydrogen-bond acceptors (Lipinski definition) is 3. The molecule has 0 aliphatic carbocycles. The van der Waals surface area contributed by atoms with Crippen LogP contribution in [-0.2, 0) is 0 Å². The van der Waals surface area contributed by atoms with Crippen LogP contribution in [0.15, 0.2) is 53.5 Å². The maximum Gasteiger partial charge on any atom is 0.202 e. The average molecular weight is 312 g/mol. The summed E-state index contributed by atoms with van der Waals surface area (Å²) in [5.41, 5.74) is 3.79. The van der Waals surface area contributed by atoms with Crippen LogP contribution >= 0.6 is 11.6 Å². The number of hydrogen-bond donors (Lipinski definition) is 0. The highest BCUT2D eigenvalue weighted by Crippen LogP contribution is 2.42. The van der Waals surface area contributed by atoms with Crippen LogP contribution in [0.4, 0.5) is 5.69 Å². The maximum atomic E-state index is 6.26. The van der Waals surface area contributed by atoms with Gasteiger partial charge in [-0.15, -0.1) is 0 Å². The molecule has 2 heterocycles. The molecule has 0 fully saturated rings. The zero-order chi connectivity index (χ0) is 15.1. The zero-order valence-electron chi connectivity index (χ0n) is 12.5. The minimum Gasteiger partial charge on any atom is -0.329 e. The van der Waals surface area contributed by atoms with E-state index >= 15 is 0 Å². The Hall–Kier alpha value is -2.00. The second-order valence-electron chi connectivity index (χ2n) is 5.64. The number of aliphatic imine (C=N–C) groups is 1. The Morgan fingerprint density at radius 2 is 2.00 bits per heavy atom. The Kier molecular flexibility index (Phi) is 3.30. The van der Waals surface area contributed by atoms with E-state index in [4.69, 9.17) is 16.6 Å². The van der Waals surface area contributed by atoms with E-state index in [2.05, 4.69) is 59.2 Å². The molecule has 0 N–H and O–H groups in total. The molecule has 3 nitrogen and oxygen atoms in total. The van der Waals surface area contributed by atoms with Crippen LogP contribution in [-0.4, -0.2) is 30.5 Å². The number of anilines is 1. The molecule has 0 bridgehead atoms. The minimum absolute atomic E-state index is 0.220. The highest BCUT2D eigenvalue weighted by molar-refractivity contribution is 6.31. The van der Waals surface area contributed by atoms with Gasteiger partial charge in [-0.05, 0) is 24.6 Å². The second-order valence-corrected chi connectivity index (χ2v) is 6.07. The zero-order valence-corrected chi connectivity index (χ0v) is 13.3. The number of guanidine groups is 1. The van der Waals surface area contributed by atoms with Crippen molar-refractivity contribution in [2.24, 2.45) is 4.99 Å². The first kappa shape index (κ1) is 13.6. The van der Waals surface area contributed by atoms with Crippen molar-refractivity contribution in [3.05, 3.63) is 64.7 Å². The van der Waals surface area contributed by atoms with Crippen LogP contribution in [0.3, 0.4) is 0 Å². The first-order valence-electron chi connectivity index (χ1n) is 7.72. The molecule has 0 saturated heterocycles. The fraction of sp³-hybridized carbons (Fsp3) is 0.278. The third-order valence-electron chi connectivity index (χ3n) is 4.41. The van der Waals surface area contributed by atoms with Gasteiger partial charge < -0.3 is 9.80 Å². The summed E-state index contributed by atoms with van der Waals surface area (Å²) in [4.78, 5) is 9.42. The molecule has 2 aromatic rings. The highest BCUT2D eigenvalue weighted by Gasteiger charge is 2.38. The summed E-state index contributed by atoms with van der Waals surface area (Å²) in [6, 6.07) is 17.1. The van der Waals surface area contributed by atoms with Crippen LogP contribution < -0.4 is 4.90 Å². The third kappa shape index (κ3) is 2.00. The SMILES string of the molecule is CCN1C2=NCCN2C(c2ccccc2)c2ccc(Cl)cc21. The molecule has 0 amide bonds. The molecule has 1 atom stereocenters. The molecule has 112 valence electrons. The second kappa shape index (κ2) is 5.33. The largest absolute Gasteiger partial charge is 0.329 e. The van der Waals surface area contributed by atoms with Gasteiger partial charge in [0.25, 0.3) is 0 Å². The molecule has 1 unspecified atom stereocenters. The first-order valence-corrected chi connectivity index (χ1v) is 8.10. The van der Waals surface area contributed by atoms with Crippen molar-refractivity contribution in [2.45, 2.75) is 13.0 Å². The van der Waals surface area contributed by atoms with Crippen LogP contribution in [0.5, 0.6) is 0 Å². The predicted octanol–water partition coefficient (Wildman–Crippen LogP) is 3.94. The van der Waals surface area contributed by atoms with E-state index in [9.17, 15) is 0 Å². The van der Waals surface area contributed by atoms with E-state index in [-0.39, 0.29) is 6.04 Å². The fourth-order valence-electron chi connectivity index (χ4n) is 3.50. The number of fused-ring (bicyclic) bond motifs is 2. The molecule has 2 aliphatic heterocycles. The van der Waals surface area contributed by atoms with Crippen LogP contribution in [0.1, 0.15) is 24.1 Å². The van der Waals surface area contributed by atoms with E-state index in [1.807, 2.05) is 6.07 Å². The predicted molar refractivity (Wildman–Crippen MR) is 91.8 cm³/mol. The van der Waals surface area contributed by atoms with E-state index < -0.39 is 0 Å². The fourth-order valence-corrected chi connectivity index (χ4v) is 3.66. The van der Waals surface area contributed by atoms with Crippen molar-refractivity contribution >= 4 is 23.2 Å². The van der Waals surface area contributed by atoms with E-state index in [0.717, 1.165) is 30.6 Å². The number of halogens is 1. The molecule has 2 aliphatic rings. The van der Waals surface area contributed by atoms with Gasteiger partial charge in [0.1, 0.15) is 0 Å². The smallest absolute Gasteiger partial charge is 0.202 e. The summed E-state index contributed by atoms with van der Waals surface area (Å²) in [6.45, 7) is 4.88. The Balaban J connectivity index is 1.93. The Morgan fingerprint density at radius 3 is 2.77 bits per heavy atom. The maximum absolute atomic E-state index is 6.26. The first-order chi connectivity index (χ1) is 10.8. The van der Waals surface area contributed by atoms with Crippen LogP contribution in [0, 0.1) is 0 Å². The summed E-state index contributed by atoms with van der Waals surface area (Å²) in [5, 5.41) is 0.774. The Morgan fingerprint density at radius 1 is 1.18 bits per heavy atom. The molecule has 22 heavy (non-hydrogen) atoms. The quantitative estimate of drug-likeness (QED) is 0.836. The lowest BCUT2D eigenvalue weighted by Crippen LogP contribution is -2.48. The number of nitrogens with zero attached hydrogens (tertiary/aromatic N) is 3. The summed E-state index contributed by atoms with van der Waals surface area (Å²) < 4.78 is 0. The monoisotopic (exact) mass is 311 g/mol. The van der Waals surface area contributed by atoms with Gasteiger partial charge in [-0.25, -0.2) is 0 Å². The van der Waals surface area contributed by atoms with E-state index in [1.165, 1.54) is 16.8 Å². The molecule has 4 rings (SSSR count). The van der Waals surface area contributed by atoms with Gasteiger partial charge in [-0.3, -0.25) is 4.99 Å². The Labute approximate surface area is 135 Å². The lowest BCUT2D eigenvalue weighted by atomic mass is 9.93. The van der Waals surface area contributed by atoms with E-state index in [0.29, 0.717) is 0 Å². The molecular formula is C18H18ClN3. The summed E-state index contributed by atoms with van der Waals surface area (Å²) in [7, 11) is 0. The van der Waals surface area contributed by atoms with Gasteiger partial charge in [0.05, 0.1) is 18.3 Å². The number of benzene rings is 2. The average Bonchev–Trinajstić information content (AvgIpc) is 3.02. The summed E-state index contributed by atoms with van der Waals surface area (Å²) in [6.07, 6.45) is 0. The molecule has 0 radical (unpaired) electrons. The molecule has 2 aromatic carbocycles. The molecule has 0 saturated carbocycles. The summed E-state index contributed by atoms with van der Waals surface area (Å²) >= 11 is 6.26. The van der Waals surface area contributed by atoms with Crippen molar-refractivity contribution < 1.29 is 0 Å². The van der Waals surface area contributed by atoms with Crippen LogP contribution in [0.2, 0.25) is 5.02 Å². The van der Waals surface area contributed by atoms with Crippen molar-refractivity contribution in [1.82, 2.24) is 4.90 Å². The highest BCUT2D eigenvalue weighted by atomic mass is 35.5. The van der Waals surface area contributed by atoms with Gasteiger partial charge in [-0.1, -0.05) is 48.0 Å². The topological polar surface area (TPSA) is 18.8 Å². The van der Waals surface area contributed by atoms with Crippen molar-refractivity contribution in [3.8, 4) is 0 Å². The third-order valence-corrected chi connectivity index (χ3v) is 4.65. The lowest BCUT2D eigenvalue weighted by molar-refractivity contribution is 0.374. The standard InChI is InChI=1S/C18H18ClN3/c1-2-21-16-12-14(19)8-9-15(16)17(13-6-4-3-5-7-13)22-11-10-20-18(21)22/h3-9,12,17H,2,10-11H2,1H3. The van der Waals surface area contributed by atoms with Gasteiger partial charge in [0.2, 0.25) is 5.96 Å². The number of rotatable bonds is 2. The Bertz CT molecular complexity index is 726. The molecule has 0 spiro atoms. The molecule has 0 aromatic heterocycles. The molecule has 4 heteroatoms. The van der Waals surface area contributed by atoms with Gasteiger partial charge in [-0.2, -0.15) is 0 Å². The normalized spacial score (nSPS) is 19.7. The van der Waals surface area contributed by atoms with Gasteiger partial charge >= 0.3 is 0 Å². The van der Waals surface area contributed by atoms with Crippen molar-refractivity contribution in [1.29, 1.82) is 0 Å². The van der Waals surface area contributed by atoms with Crippen molar-refractivity contribution in [3.63, 3.8) is 0 Å². The van der Waals surface area contributed by atoms with Gasteiger partial charge in [0.15, 0.2) is 0 Å².